The maximum atomic E-state index is 11.8. The van der Waals surface area contributed by atoms with Gasteiger partial charge in [0.2, 0.25) is 0 Å². The first kappa shape index (κ1) is 7.77. The number of carbonyl (C=O) groups excluding carboxylic acids is 1. The van der Waals surface area contributed by atoms with Crippen LogP contribution in [0.1, 0.15) is 16.1 Å². The fraction of sp³-hybridized carbons (Fsp3) is 0.200. The molecule has 0 radical (unpaired) electrons. The average molecular weight is 164 g/mol. The number of aldehydes is 1. The number of hydrogen-bond donors (Lipinski definition) is 1. The summed E-state index contributed by atoms with van der Waals surface area (Å²) >= 11 is 0. The Morgan fingerprint density at radius 3 is 2.55 bits per heavy atom. The molecule has 0 aliphatic carbocycles. The lowest BCUT2D eigenvalue weighted by Crippen LogP contribution is -2.06. The SMILES string of the molecule is O=Cc1[nH]ncc1C(F)(F)F. The standard InChI is InChI=1S/C5H3F3N2O/c6-5(7,8)3-1-9-10-4(3)2-11/h1-2H,(H,9,10). The molecular weight excluding hydrogens is 161 g/mol. The van der Waals surface area contributed by atoms with E-state index in [1.807, 2.05) is 5.10 Å². The molecule has 0 unspecified atom stereocenters. The zero-order chi connectivity index (χ0) is 8.48. The zero-order valence-electron chi connectivity index (χ0n) is 5.14. The number of hydrogen-bond acceptors (Lipinski definition) is 2. The van der Waals surface area contributed by atoms with Gasteiger partial charge in [-0.3, -0.25) is 9.89 Å². The fourth-order valence-electron chi connectivity index (χ4n) is 0.612. The summed E-state index contributed by atoms with van der Waals surface area (Å²) in [6.45, 7) is 0. The number of aromatic amines is 1. The lowest BCUT2D eigenvalue weighted by Gasteiger charge is -2.01. The monoisotopic (exact) mass is 164 g/mol. The van der Waals surface area contributed by atoms with Gasteiger partial charge in [-0.05, 0) is 0 Å². The number of alkyl halides is 3. The second-order valence-corrected chi connectivity index (χ2v) is 1.81. The zero-order valence-corrected chi connectivity index (χ0v) is 5.14. The summed E-state index contributed by atoms with van der Waals surface area (Å²) in [5, 5.41) is 5.01. The predicted octanol–water partition coefficient (Wildman–Crippen LogP) is 1.24. The van der Waals surface area contributed by atoms with Crippen molar-refractivity contribution in [3.05, 3.63) is 17.5 Å². The smallest absolute Gasteiger partial charge is 0.296 e. The molecule has 0 saturated heterocycles. The number of carbonyl (C=O) groups is 1. The molecule has 1 N–H and O–H groups in total. The summed E-state index contributed by atoms with van der Waals surface area (Å²) < 4.78 is 35.5. The van der Waals surface area contributed by atoms with Gasteiger partial charge in [-0.15, -0.1) is 0 Å². The molecule has 1 aromatic heterocycles. The van der Waals surface area contributed by atoms with Crippen LogP contribution >= 0.6 is 0 Å². The van der Waals surface area contributed by atoms with E-state index in [-0.39, 0.29) is 6.29 Å². The maximum Gasteiger partial charge on any atom is 0.420 e. The number of halogens is 3. The number of H-pyrrole nitrogens is 1. The molecule has 0 fully saturated rings. The van der Waals surface area contributed by atoms with E-state index in [1.54, 1.807) is 0 Å². The Labute approximate surface area is 59.2 Å². The first-order valence-corrected chi connectivity index (χ1v) is 2.61. The third-order valence-electron chi connectivity index (χ3n) is 1.09. The van der Waals surface area contributed by atoms with E-state index in [4.69, 9.17) is 0 Å². The van der Waals surface area contributed by atoms with E-state index in [0.29, 0.717) is 6.20 Å². The van der Waals surface area contributed by atoms with Gasteiger partial charge < -0.3 is 0 Å². The number of rotatable bonds is 1. The minimum atomic E-state index is -4.51. The van der Waals surface area contributed by atoms with Gasteiger partial charge in [0.15, 0.2) is 6.29 Å². The van der Waals surface area contributed by atoms with Crippen molar-refractivity contribution in [3.8, 4) is 0 Å². The largest absolute Gasteiger partial charge is 0.420 e. The molecule has 0 amide bonds. The van der Waals surface area contributed by atoms with Crippen molar-refractivity contribution < 1.29 is 18.0 Å². The Hall–Kier alpha value is -1.33. The van der Waals surface area contributed by atoms with Crippen LogP contribution in [0.2, 0.25) is 0 Å². The summed E-state index contributed by atoms with van der Waals surface area (Å²) in [4.78, 5) is 9.96. The van der Waals surface area contributed by atoms with Gasteiger partial charge in [-0.2, -0.15) is 18.3 Å². The summed E-state index contributed by atoms with van der Waals surface area (Å²) in [6.07, 6.45) is -3.86. The molecule has 0 atom stereocenters. The van der Waals surface area contributed by atoms with Crippen molar-refractivity contribution in [2.24, 2.45) is 0 Å². The van der Waals surface area contributed by atoms with Gasteiger partial charge in [0.25, 0.3) is 0 Å². The van der Waals surface area contributed by atoms with E-state index in [1.165, 1.54) is 0 Å². The highest BCUT2D eigenvalue weighted by Gasteiger charge is 2.34. The van der Waals surface area contributed by atoms with Crippen molar-refractivity contribution in [1.29, 1.82) is 0 Å². The lowest BCUT2D eigenvalue weighted by atomic mass is 10.2. The molecule has 0 saturated carbocycles. The molecule has 1 rings (SSSR count). The topological polar surface area (TPSA) is 45.8 Å². The molecular formula is C5H3F3N2O. The normalized spacial score (nSPS) is 11.5. The first-order chi connectivity index (χ1) is 5.05. The number of nitrogens with one attached hydrogen (secondary N) is 1. The van der Waals surface area contributed by atoms with Crippen LogP contribution in [-0.4, -0.2) is 16.5 Å². The molecule has 0 aromatic carbocycles. The quantitative estimate of drug-likeness (QED) is 0.634. The van der Waals surface area contributed by atoms with Crippen LogP contribution in [-0.2, 0) is 6.18 Å². The fourth-order valence-corrected chi connectivity index (χ4v) is 0.612. The maximum absolute atomic E-state index is 11.8. The Kier molecular flexibility index (Phi) is 1.67. The minimum Gasteiger partial charge on any atom is -0.296 e. The van der Waals surface area contributed by atoms with Gasteiger partial charge >= 0.3 is 6.18 Å². The number of nitrogens with zero attached hydrogens (tertiary/aromatic N) is 1. The highest BCUT2D eigenvalue weighted by Crippen LogP contribution is 2.29. The Morgan fingerprint density at radius 2 is 2.18 bits per heavy atom. The minimum absolute atomic E-state index is 0.0792. The second kappa shape index (κ2) is 2.37. The Balaban J connectivity index is 3.12. The second-order valence-electron chi connectivity index (χ2n) is 1.81. The van der Waals surface area contributed by atoms with Crippen LogP contribution in [0.3, 0.4) is 0 Å². The van der Waals surface area contributed by atoms with Gasteiger partial charge in [0.05, 0.1) is 6.20 Å². The van der Waals surface area contributed by atoms with E-state index in [0.717, 1.165) is 0 Å². The Morgan fingerprint density at radius 1 is 1.55 bits per heavy atom. The van der Waals surface area contributed by atoms with Crippen LogP contribution in [0, 0.1) is 0 Å². The average Bonchev–Trinajstić information content (AvgIpc) is 2.31. The summed E-state index contributed by atoms with van der Waals surface area (Å²) in [5.74, 6) is 0. The first-order valence-electron chi connectivity index (χ1n) is 2.61. The van der Waals surface area contributed by atoms with Crippen molar-refractivity contribution in [2.45, 2.75) is 6.18 Å². The predicted molar refractivity (Wildman–Crippen MR) is 29.0 cm³/mol. The van der Waals surface area contributed by atoms with Gasteiger partial charge in [-0.1, -0.05) is 0 Å². The van der Waals surface area contributed by atoms with Gasteiger partial charge in [-0.25, -0.2) is 0 Å². The van der Waals surface area contributed by atoms with Gasteiger partial charge in [0, 0.05) is 0 Å². The molecule has 0 aliphatic heterocycles. The van der Waals surface area contributed by atoms with E-state index < -0.39 is 17.4 Å². The molecule has 1 aromatic rings. The Bertz CT molecular complexity index is 265. The van der Waals surface area contributed by atoms with Crippen LogP contribution in [0.25, 0.3) is 0 Å². The lowest BCUT2D eigenvalue weighted by molar-refractivity contribution is -0.137. The van der Waals surface area contributed by atoms with Crippen molar-refractivity contribution in [2.75, 3.05) is 0 Å². The van der Waals surface area contributed by atoms with Crippen molar-refractivity contribution in [3.63, 3.8) is 0 Å². The third kappa shape index (κ3) is 1.39. The third-order valence-corrected chi connectivity index (χ3v) is 1.09. The van der Waals surface area contributed by atoms with E-state index in [9.17, 15) is 18.0 Å². The molecule has 6 heteroatoms. The highest BCUT2D eigenvalue weighted by molar-refractivity contribution is 5.74. The van der Waals surface area contributed by atoms with Crippen LogP contribution < -0.4 is 0 Å². The summed E-state index contributed by atoms with van der Waals surface area (Å²) in [7, 11) is 0. The highest BCUT2D eigenvalue weighted by atomic mass is 19.4. The van der Waals surface area contributed by atoms with Crippen molar-refractivity contribution >= 4 is 6.29 Å². The number of aromatic nitrogens is 2. The molecule has 3 nitrogen and oxygen atoms in total. The van der Waals surface area contributed by atoms with E-state index in [2.05, 4.69) is 5.10 Å². The molecule has 1 heterocycles. The van der Waals surface area contributed by atoms with Crippen LogP contribution in [0.5, 0.6) is 0 Å². The molecule has 0 aliphatic rings. The summed E-state index contributed by atoms with van der Waals surface area (Å²) in [5.41, 5.74) is -1.58. The van der Waals surface area contributed by atoms with Gasteiger partial charge in [0.1, 0.15) is 11.3 Å². The molecule has 0 spiro atoms. The van der Waals surface area contributed by atoms with Crippen molar-refractivity contribution in [1.82, 2.24) is 10.2 Å². The molecule has 0 bridgehead atoms. The molecule has 60 valence electrons. The van der Waals surface area contributed by atoms with Crippen LogP contribution in [0.15, 0.2) is 6.20 Å². The summed E-state index contributed by atoms with van der Waals surface area (Å²) in [6, 6.07) is 0. The van der Waals surface area contributed by atoms with E-state index >= 15 is 0 Å². The van der Waals surface area contributed by atoms with Crippen LogP contribution in [0.4, 0.5) is 13.2 Å². The molecule has 11 heavy (non-hydrogen) atoms.